The minimum atomic E-state index is -0.437. The first kappa shape index (κ1) is 15.8. The summed E-state index contributed by atoms with van der Waals surface area (Å²) in [5.74, 6) is 0.926. The number of hydrogen-bond acceptors (Lipinski definition) is 4. The number of benzene rings is 1. The predicted octanol–water partition coefficient (Wildman–Crippen LogP) is 2.94. The minimum Gasteiger partial charge on any atom is -0.496 e. The van der Waals surface area contributed by atoms with Gasteiger partial charge in [0.1, 0.15) is 11.4 Å². The van der Waals surface area contributed by atoms with Gasteiger partial charge in [-0.15, -0.1) is 0 Å². The first-order valence-corrected chi connectivity index (χ1v) is 7.53. The zero-order valence-corrected chi connectivity index (χ0v) is 13.4. The van der Waals surface area contributed by atoms with Crippen molar-refractivity contribution in [2.75, 3.05) is 20.2 Å². The largest absolute Gasteiger partial charge is 0.496 e. The average molecular weight is 291 g/mol. The minimum absolute atomic E-state index is 0.260. The van der Waals surface area contributed by atoms with E-state index in [9.17, 15) is 4.79 Å². The first-order valence-electron chi connectivity index (χ1n) is 7.53. The van der Waals surface area contributed by atoms with Crippen LogP contribution >= 0.6 is 0 Å². The molecule has 1 N–H and O–H groups in total. The van der Waals surface area contributed by atoms with Crippen LogP contribution in [-0.4, -0.2) is 31.8 Å². The molecule has 0 saturated carbocycles. The molecule has 1 aliphatic heterocycles. The Morgan fingerprint density at radius 3 is 2.52 bits per heavy atom. The molecule has 0 aliphatic carbocycles. The normalized spacial score (nSPS) is 16.6. The van der Waals surface area contributed by atoms with Crippen molar-refractivity contribution in [3.8, 4) is 5.75 Å². The molecule has 0 unspecified atom stereocenters. The van der Waals surface area contributed by atoms with E-state index in [-0.39, 0.29) is 5.97 Å². The number of carbonyl (C=O) groups excluding carboxylic acids is 1. The van der Waals surface area contributed by atoms with Crippen molar-refractivity contribution in [3.63, 3.8) is 0 Å². The summed E-state index contributed by atoms with van der Waals surface area (Å²) in [6.45, 7) is 7.93. The highest BCUT2D eigenvalue weighted by Crippen LogP contribution is 2.30. The molecule has 1 fully saturated rings. The van der Waals surface area contributed by atoms with E-state index in [1.165, 1.54) is 0 Å². The highest BCUT2D eigenvalue weighted by atomic mass is 16.6. The first-order chi connectivity index (χ1) is 9.94. The van der Waals surface area contributed by atoms with Crippen LogP contribution in [0.4, 0.5) is 0 Å². The summed E-state index contributed by atoms with van der Waals surface area (Å²) in [5.41, 5.74) is 1.08. The number of ether oxygens (including phenoxy) is 2. The average Bonchev–Trinajstić information content (AvgIpc) is 2.47. The Hall–Kier alpha value is -1.55. The molecule has 0 bridgehead atoms. The smallest absolute Gasteiger partial charge is 0.338 e. The van der Waals surface area contributed by atoms with Crippen LogP contribution in [-0.2, 0) is 4.74 Å². The second-order valence-corrected chi connectivity index (χ2v) is 6.20. The Morgan fingerprint density at radius 2 is 1.95 bits per heavy atom. The lowest BCUT2D eigenvalue weighted by Crippen LogP contribution is -2.42. The standard InChI is InChI=1S/C17H25NO3/c1-12-11-13(5-6-15(12)20-4)16(19)21-17(2,3)14-7-9-18-10-8-14/h5-6,11,14,18H,7-10H2,1-4H3. The fourth-order valence-electron chi connectivity index (χ4n) is 2.90. The maximum Gasteiger partial charge on any atom is 0.338 e. The van der Waals surface area contributed by atoms with Gasteiger partial charge in [-0.1, -0.05) is 0 Å². The molecule has 1 aromatic rings. The van der Waals surface area contributed by atoms with Crippen molar-refractivity contribution in [3.05, 3.63) is 29.3 Å². The molecular formula is C17H25NO3. The monoisotopic (exact) mass is 291 g/mol. The number of carbonyl (C=O) groups is 1. The maximum absolute atomic E-state index is 12.4. The van der Waals surface area contributed by atoms with Gasteiger partial charge in [-0.2, -0.15) is 0 Å². The van der Waals surface area contributed by atoms with Crippen LogP contribution in [0.15, 0.2) is 18.2 Å². The fourth-order valence-corrected chi connectivity index (χ4v) is 2.90. The maximum atomic E-state index is 12.4. The SMILES string of the molecule is COc1ccc(C(=O)OC(C)(C)C2CCNCC2)cc1C. The highest BCUT2D eigenvalue weighted by molar-refractivity contribution is 5.90. The molecule has 1 heterocycles. The molecule has 21 heavy (non-hydrogen) atoms. The van der Waals surface area contributed by atoms with Crippen molar-refractivity contribution in [1.29, 1.82) is 0 Å². The Kier molecular flexibility index (Phi) is 4.88. The highest BCUT2D eigenvalue weighted by Gasteiger charge is 2.34. The van der Waals surface area contributed by atoms with Crippen LogP contribution in [0.3, 0.4) is 0 Å². The lowest BCUT2D eigenvalue weighted by molar-refractivity contribution is -0.0368. The van der Waals surface area contributed by atoms with Gasteiger partial charge in [0.15, 0.2) is 0 Å². The molecule has 0 aromatic heterocycles. The van der Waals surface area contributed by atoms with Gasteiger partial charge in [0.25, 0.3) is 0 Å². The van der Waals surface area contributed by atoms with E-state index in [2.05, 4.69) is 5.32 Å². The van der Waals surface area contributed by atoms with Gasteiger partial charge in [-0.25, -0.2) is 4.79 Å². The number of esters is 1. The fraction of sp³-hybridized carbons (Fsp3) is 0.588. The number of aryl methyl sites for hydroxylation is 1. The summed E-state index contributed by atoms with van der Waals surface area (Å²) < 4.78 is 11.0. The summed E-state index contributed by atoms with van der Waals surface area (Å²) in [7, 11) is 1.63. The van der Waals surface area contributed by atoms with Gasteiger partial charge < -0.3 is 14.8 Å². The molecule has 0 atom stereocenters. The predicted molar refractivity (Wildman–Crippen MR) is 82.8 cm³/mol. The second kappa shape index (κ2) is 6.48. The van der Waals surface area contributed by atoms with E-state index in [1.54, 1.807) is 13.2 Å². The van der Waals surface area contributed by atoms with Gasteiger partial charge in [0.2, 0.25) is 0 Å². The molecule has 2 rings (SSSR count). The van der Waals surface area contributed by atoms with Crippen LogP contribution in [0.2, 0.25) is 0 Å². The third-order valence-corrected chi connectivity index (χ3v) is 4.31. The molecule has 116 valence electrons. The van der Waals surface area contributed by atoms with Crippen LogP contribution in [0.25, 0.3) is 0 Å². The number of methoxy groups -OCH3 is 1. The molecule has 0 radical (unpaired) electrons. The summed E-state index contributed by atoms with van der Waals surface area (Å²) >= 11 is 0. The van der Waals surface area contributed by atoms with E-state index in [0.717, 1.165) is 37.2 Å². The van der Waals surface area contributed by atoms with Gasteiger partial charge in [-0.3, -0.25) is 0 Å². The summed E-state index contributed by atoms with van der Waals surface area (Å²) in [6, 6.07) is 5.38. The molecular weight excluding hydrogens is 266 g/mol. The van der Waals surface area contributed by atoms with Gasteiger partial charge in [-0.05, 0) is 70.5 Å². The van der Waals surface area contributed by atoms with E-state index < -0.39 is 5.60 Å². The van der Waals surface area contributed by atoms with Crippen molar-refractivity contribution in [2.45, 2.75) is 39.2 Å². The third kappa shape index (κ3) is 3.76. The van der Waals surface area contributed by atoms with E-state index in [0.29, 0.717) is 11.5 Å². The molecule has 4 heteroatoms. The molecule has 0 spiro atoms. The summed E-state index contributed by atoms with van der Waals surface area (Å²) in [5, 5.41) is 3.34. The van der Waals surface area contributed by atoms with Crippen molar-refractivity contribution < 1.29 is 14.3 Å². The van der Waals surface area contributed by atoms with E-state index in [1.807, 2.05) is 32.9 Å². The lowest BCUT2D eigenvalue weighted by atomic mass is 9.83. The van der Waals surface area contributed by atoms with E-state index in [4.69, 9.17) is 9.47 Å². The number of hydrogen-bond donors (Lipinski definition) is 1. The van der Waals surface area contributed by atoms with Crippen LogP contribution in [0, 0.1) is 12.8 Å². The van der Waals surface area contributed by atoms with Crippen LogP contribution < -0.4 is 10.1 Å². The topological polar surface area (TPSA) is 47.6 Å². The third-order valence-electron chi connectivity index (χ3n) is 4.31. The van der Waals surface area contributed by atoms with Gasteiger partial charge >= 0.3 is 5.97 Å². The Labute approximate surface area is 126 Å². The summed E-state index contributed by atoms with van der Waals surface area (Å²) in [4.78, 5) is 12.4. The van der Waals surface area contributed by atoms with Crippen molar-refractivity contribution in [1.82, 2.24) is 5.32 Å². The number of piperidine rings is 1. The molecule has 0 amide bonds. The quantitative estimate of drug-likeness (QED) is 0.867. The van der Waals surface area contributed by atoms with Crippen molar-refractivity contribution >= 4 is 5.97 Å². The zero-order valence-electron chi connectivity index (χ0n) is 13.4. The van der Waals surface area contributed by atoms with Crippen LogP contribution in [0.1, 0.15) is 42.6 Å². The van der Waals surface area contributed by atoms with Crippen molar-refractivity contribution in [2.24, 2.45) is 5.92 Å². The van der Waals surface area contributed by atoms with E-state index >= 15 is 0 Å². The molecule has 4 nitrogen and oxygen atoms in total. The number of rotatable bonds is 4. The molecule has 1 aromatic carbocycles. The molecule has 1 aliphatic rings. The second-order valence-electron chi connectivity index (χ2n) is 6.20. The number of nitrogens with one attached hydrogen (secondary N) is 1. The Balaban J connectivity index is 2.07. The van der Waals surface area contributed by atoms with Gasteiger partial charge in [0.05, 0.1) is 12.7 Å². The van der Waals surface area contributed by atoms with Gasteiger partial charge in [0, 0.05) is 5.92 Å². The Bertz CT molecular complexity index is 505. The summed E-state index contributed by atoms with van der Waals surface area (Å²) in [6.07, 6.45) is 2.09. The van der Waals surface area contributed by atoms with Crippen LogP contribution in [0.5, 0.6) is 5.75 Å². The molecule has 1 saturated heterocycles. The lowest BCUT2D eigenvalue weighted by Gasteiger charge is -2.36. The zero-order chi connectivity index (χ0) is 15.5. The Morgan fingerprint density at radius 1 is 1.29 bits per heavy atom.